The Morgan fingerprint density at radius 3 is 2.14 bits per heavy atom. The van der Waals surface area contributed by atoms with Crippen molar-refractivity contribution in [1.29, 1.82) is 0 Å². The molecule has 35 heavy (non-hydrogen) atoms. The minimum atomic E-state index is -1.03. The van der Waals surface area contributed by atoms with Crippen molar-refractivity contribution in [1.82, 2.24) is 4.68 Å². The summed E-state index contributed by atoms with van der Waals surface area (Å²) in [5.74, 6) is -2.60. The molecule has 0 atom stereocenters. The molecule has 178 valence electrons. The van der Waals surface area contributed by atoms with Gasteiger partial charge in [0.15, 0.2) is 0 Å². The number of hydrogen-bond acceptors (Lipinski definition) is 3. The molecule has 0 unspecified atom stereocenters. The molecule has 1 aromatic heterocycles. The highest BCUT2D eigenvalue weighted by Crippen LogP contribution is 2.27. The minimum Gasteiger partial charge on any atom is -0.321 e. The highest BCUT2D eigenvalue weighted by Gasteiger charge is 2.22. The molecule has 0 fully saturated rings. The molecule has 3 N–H and O–H groups in total. The van der Waals surface area contributed by atoms with Crippen molar-refractivity contribution in [2.24, 2.45) is 0 Å². The van der Waals surface area contributed by atoms with Crippen LogP contribution in [0.1, 0.15) is 10.5 Å². The van der Waals surface area contributed by atoms with Gasteiger partial charge in [-0.05, 0) is 60.7 Å². The van der Waals surface area contributed by atoms with E-state index in [0.29, 0.717) is 31.7 Å². The van der Waals surface area contributed by atoms with Gasteiger partial charge in [-0.15, -0.1) is 0 Å². The Hall–Kier alpha value is -2.75. The lowest BCUT2D eigenvalue weighted by Crippen LogP contribution is -2.36. The van der Waals surface area contributed by atoms with Gasteiger partial charge in [0, 0.05) is 30.6 Å². The zero-order valence-electron chi connectivity index (χ0n) is 17.3. The summed E-state index contributed by atoms with van der Waals surface area (Å²) in [6.45, 7) is 0. The normalized spacial score (nSPS) is 10.8. The monoisotopic (exact) mass is 612 g/mol. The summed E-state index contributed by atoms with van der Waals surface area (Å²) in [4.78, 5) is 38.4. The van der Waals surface area contributed by atoms with Crippen LogP contribution in [0.5, 0.6) is 0 Å². The maximum Gasteiger partial charge on any atom is 0.328 e. The molecule has 1 heterocycles. The Kier molecular flexibility index (Phi) is 7.59. The van der Waals surface area contributed by atoms with E-state index in [2.05, 4.69) is 32.0 Å². The van der Waals surface area contributed by atoms with Gasteiger partial charge in [0.2, 0.25) is 0 Å². The second-order valence-corrected chi connectivity index (χ2v) is 9.83. The molecule has 0 radical (unpaired) electrons. The number of halogens is 5. The maximum atomic E-state index is 13.1. The van der Waals surface area contributed by atoms with Crippen LogP contribution in [-0.4, -0.2) is 22.4 Å². The molecule has 0 saturated heterocycles. The molecular weight excluding hydrogens is 602 g/mol. The Labute approximate surface area is 227 Å². The molecule has 4 aromatic rings. The number of carbonyl (C=O) groups excluding carboxylic acids is 3. The van der Waals surface area contributed by atoms with E-state index in [-0.39, 0.29) is 16.4 Å². The van der Waals surface area contributed by atoms with Crippen LogP contribution >= 0.6 is 62.3 Å². The van der Waals surface area contributed by atoms with E-state index < -0.39 is 17.7 Å². The van der Waals surface area contributed by atoms with Crippen molar-refractivity contribution in [3.8, 4) is 0 Å². The number of amides is 3. The summed E-state index contributed by atoms with van der Waals surface area (Å²) in [5.41, 5.74) is 3.55. The molecule has 12 heteroatoms. The Morgan fingerprint density at radius 2 is 1.46 bits per heavy atom. The molecule has 0 aliphatic heterocycles. The maximum absolute atomic E-state index is 13.1. The average Bonchev–Trinajstić information content (AvgIpc) is 3.12. The van der Waals surface area contributed by atoms with Gasteiger partial charge in [0.05, 0.1) is 16.2 Å². The number of anilines is 2. The first-order valence-corrected chi connectivity index (χ1v) is 12.1. The number of benzene rings is 3. The van der Waals surface area contributed by atoms with Crippen LogP contribution in [-0.2, 0) is 9.59 Å². The number of nitrogens with one attached hydrogen (secondary N) is 3. The van der Waals surface area contributed by atoms with Crippen molar-refractivity contribution in [3.63, 3.8) is 0 Å². The Balaban J connectivity index is 1.64. The van der Waals surface area contributed by atoms with Gasteiger partial charge in [-0.25, -0.2) is 4.68 Å². The number of aromatic nitrogens is 1. The Bertz CT molecular complexity index is 1490. The van der Waals surface area contributed by atoms with E-state index >= 15 is 0 Å². The van der Waals surface area contributed by atoms with Crippen LogP contribution in [0.15, 0.2) is 65.1 Å². The molecular formula is C23H13BrCl4N4O3. The SMILES string of the molecule is O=C(Nc1ccc(Cl)cc1Cl)C(=O)Nn1c(C(=O)Nc2cc(Cl)cc(Cl)c2)cc2cc(Br)ccc21. The van der Waals surface area contributed by atoms with E-state index in [1.807, 2.05) is 0 Å². The van der Waals surface area contributed by atoms with Gasteiger partial charge in [-0.3, -0.25) is 19.8 Å². The van der Waals surface area contributed by atoms with Gasteiger partial charge in [0.25, 0.3) is 5.91 Å². The number of nitrogens with zero attached hydrogens (tertiary/aromatic N) is 1. The zero-order valence-corrected chi connectivity index (χ0v) is 21.9. The Morgan fingerprint density at radius 1 is 0.743 bits per heavy atom. The van der Waals surface area contributed by atoms with Gasteiger partial charge in [-0.1, -0.05) is 62.3 Å². The predicted octanol–water partition coefficient (Wildman–Crippen LogP) is 6.98. The van der Waals surface area contributed by atoms with Gasteiger partial charge < -0.3 is 10.6 Å². The fourth-order valence-corrected chi connectivity index (χ4v) is 4.58. The van der Waals surface area contributed by atoms with Crippen LogP contribution in [0.3, 0.4) is 0 Å². The van der Waals surface area contributed by atoms with E-state index in [4.69, 9.17) is 46.4 Å². The van der Waals surface area contributed by atoms with E-state index in [1.165, 1.54) is 41.1 Å². The highest BCUT2D eigenvalue weighted by atomic mass is 79.9. The van der Waals surface area contributed by atoms with E-state index in [1.54, 1.807) is 24.3 Å². The van der Waals surface area contributed by atoms with Crippen LogP contribution < -0.4 is 16.1 Å². The topological polar surface area (TPSA) is 92.2 Å². The first kappa shape index (κ1) is 25.3. The highest BCUT2D eigenvalue weighted by molar-refractivity contribution is 9.10. The van der Waals surface area contributed by atoms with Crippen molar-refractivity contribution in [2.75, 3.05) is 16.1 Å². The molecule has 0 aliphatic carbocycles. The van der Waals surface area contributed by atoms with Crippen LogP contribution in [0.25, 0.3) is 10.9 Å². The van der Waals surface area contributed by atoms with Gasteiger partial charge in [0.1, 0.15) is 5.69 Å². The van der Waals surface area contributed by atoms with Crippen molar-refractivity contribution in [3.05, 3.63) is 90.9 Å². The molecule has 7 nitrogen and oxygen atoms in total. The fourth-order valence-electron chi connectivity index (χ4n) is 3.22. The quantitative estimate of drug-likeness (QED) is 0.217. The molecule has 3 aromatic carbocycles. The lowest BCUT2D eigenvalue weighted by molar-refractivity contribution is -0.133. The second-order valence-electron chi connectivity index (χ2n) is 7.20. The van der Waals surface area contributed by atoms with Crippen molar-refractivity contribution >= 4 is 102 Å². The first-order chi connectivity index (χ1) is 16.6. The third-order valence-electron chi connectivity index (χ3n) is 4.72. The predicted molar refractivity (Wildman–Crippen MR) is 144 cm³/mol. The second kappa shape index (κ2) is 10.5. The molecule has 0 bridgehead atoms. The number of carbonyl (C=O) groups is 3. The zero-order chi connectivity index (χ0) is 25.3. The number of rotatable bonds is 4. The number of hydrogen-bond donors (Lipinski definition) is 3. The fraction of sp³-hybridized carbons (Fsp3) is 0. The third kappa shape index (κ3) is 5.91. The summed E-state index contributed by atoms with van der Waals surface area (Å²) in [6, 6.07) is 15.7. The van der Waals surface area contributed by atoms with E-state index in [9.17, 15) is 14.4 Å². The molecule has 0 aliphatic rings. The molecule has 3 amide bonds. The first-order valence-electron chi connectivity index (χ1n) is 9.76. The summed E-state index contributed by atoms with van der Waals surface area (Å²) >= 11 is 27.4. The van der Waals surface area contributed by atoms with Gasteiger partial charge in [-0.2, -0.15) is 0 Å². The van der Waals surface area contributed by atoms with E-state index in [0.717, 1.165) is 4.47 Å². The van der Waals surface area contributed by atoms with Crippen molar-refractivity contribution < 1.29 is 14.4 Å². The lowest BCUT2D eigenvalue weighted by atomic mass is 10.2. The largest absolute Gasteiger partial charge is 0.328 e. The third-order valence-corrected chi connectivity index (χ3v) is 6.19. The van der Waals surface area contributed by atoms with Gasteiger partial charge >= 0.3 is 11.8 Å². The van der Waals surface area contributed by atoms with Crippen LogP contribution in [0.2, 0.25) is 20.1 Å². The molecule has 0 saturated carbocycles. The average molecular weight is 615 g/mol. The standard InChI is InChI=1S/C23H13BrCl4N4O3/c24-12-1-4-19-11(5-12)6-20(21(33)29-16-8-14(26)7-15(27)9-16)32(19)31-23(35)22(34)30-18-3-2-13(25)10-17(18)28/h1-10H,(H,29,33)(H,30,34)(H,31,35). The minimum absolute atomic E-state index is 0.0554. The molecule has 0 spiro atoms. The lowest BCUT2D eigenvalue weighted by Gasteiger charge is -2.13. The summed E-state index contributed by atoms with van der Waals surface area (Å²) in [6.07, 6.45) is 0. The number of fused-ring (bicyclic) bond motifs is 1. The summed E-state index contributed by atoms with van der Waals surface area (Å²) in [5, 5.41) is 6.95. The smallest absolute Gasteiger partial charge is 0.321 e. The summed E-state index contributed by atoms with van der Waals surface area (Å²) in [7, 11) is 0. The summed E-state index contributed by atoms with van der Waals surface area (Å²) < 4.78 is 1.98. The van der Waals surface area contributed by atoms with Crippen LogP contribution in [0.4, 0.5) is 11.4 Å². The van der Waals surface area contributed by atoms with Crippen LogP contribution in [0, 0.1) is 0 Å². The molecule has 4 rings (SSSR count). The van der Waals surface area contributed by atoms with Crippen molar-refractivity contribution in [2.45, 2.75) is 0 Å².